The molecule has 2 heterocycles. The summed E-state index contributed by atoms with van der Waals surface area (Å²) in [4.78, 5) is 6.97. The van der Waals surface area contributed by atoms with Crippen molar-refractivity contribution in [2.24, 2.45) is 10.4 Å². The number of rotatable bonds is 5. The minimum atomic E-state index is 0.341. The van der Waals surface area contributed by atoms with Gasteiger partial charge in [0.05, 0.1) is 12.7 Å². The highest BCUT2D eigenvalue weighted by Gasteiger charge is 2.43. The molecule has 0 atom stereocenters. The molecule has 2 saturated heterocycles. The maximum absolute atomic E-state index is 6.06. The lowest BCUT2D eigenvalue weighted by Crippen LogP contribution is -2.42. The van der Waals surface area contributed by atoms with Gasteiger partial charge in [0.2, 0.25) is 0 Å². The van der Waals surface area contributed by atoms with E-state index in [1.807, 2.05) is 7.05 Å². The van der Waals surface area contributed by atoms with Crippen LogP contribution in [0.1, 0.15) is 49.7 Å². The van der Waals surface area contributed by atoms with Crippen LogP contribution in [0.2, 0.25) is 0 Å². The lowest BCUT2D eigenvalue weighted by atomic mass is 9.68. The van der Waals surface area contributed by atoms with Crippen molar-refractivity contribution in [3.8, 4) is 0 Å². The van der Waals surface area contributed by atoms with Crippen LogP contribution in [0.4, 0.5) is 0 Å². The summed E-state index contributed by atoms with van der Waals surface area (Å²) in [5, 5.41) is 3.56. The summed E-state index contributed by atoms with van der Waals surface area (Å²) in [6, 6.07) is 8.70. The largest absolute Gasteiger partial charge is 0.381 e. The number of hydrogen-bond acceptors (Lipinski definition) is 3. The topological polar surface area (TPSA) is 46.1 Å². The molecular weight excluding hydrogens is 338 g/mol. The van der Waals surface area contributed by atoms with Gasteiger partial charge in [0.25, 0.3) is 0 Å². The van der Waals surface area contributed by atoms with Crippen LogP contribution >= 0.6 is 0 Å². The van der Waals surface area contributed by atoms with Crippen molar-refractivity contribution < 1.29 is 9.47 Å². The Bertz CT molecular complexity index is 651. The fourth-order valence-corrected chi connectivity index (χ4v) is 4.60. The molecule has 0 bridgehead atoms. The van der Waals surface area contributed by atoms with E-state index in [2.05, 4.69) is 39.5 Å². The molecule has 0 radical (unpaired) electrons. The highest BCUT2D eigenvalue weighted by atomic mass is 16.5. The van der Waals surface area contributed by atoms with Gasteiger partial charge < -0.3 is 19.7 Å². The molecule has 0 amide bonds. The first-order valence-electron chi connectivity index (χ1n) is 10.5. The van der Waals surface area contributed by atoms with E-state index in [0.29, 0.717) is 18.1 Å². The van der Waals surface area contributed by atoms with Crippen LogP contribution in [0.25, 0.3) is 0 Å². The molecule has 5 heteroatoms. The molecule has 1 aromatic rings. The van der Waals surface area contributed by atoms with E-state index >= 15 is 0 Å². The van der Waals surface area contributed by atoms with Crippen molar-refractivity contribution >= 4 is 5.96 Å². The quantitative estimate of drug-likeness (QED) is 0.637. The lowest BCUT2D eigenvalue weighted by Gasteiger charge is -2.38. The standard InChI is InChI=1S/C22H33N3O2/c1-23-21(25-11-10-22(17-25)8-3-9-22)24-15-18-4-2-5-19(14-18)16-27-20-6-12-26-13-7-20/h2,4-5,14,20H,3,6-13,15-17H2,1H3,(H,23,24). The van der Waals surface area contributed by atoms with Gasteiger partial charge >= 0.3 is 0 Å². The number of likely N-dealkylation sites (tertiary alicyclic amines) is 1. The molecule has 148 valence electrons. The van der Waals surface area contributed by atoms with E-state index in [1.54, 1.807) is 0 Å². The Balaban J connectivity index is 1.27. The van der Waals surface area contributed by atoms with Gasteiger partial charge in [0.1, 0.15) is 0 Å². The third-order valence-electron chi connectivity index (χ3n) is 6.46. The molecular formula is C22H33N3O2. The fraction of sp³-hybridized carbons (Fsp3) is 0.682. The molecule has 1 aliphatic carbocycles. The van der Waals surface area contributed by atoms with E-state index in [-0.39, 0.29) is 0 Å². The van der Waals surface area contributed by atoms with Gasteiger partial charge in [0, 0.05) is 39.9 Å². The molecule has 3 fully saturated rings. The minimum Gasteiger partial charge on any atom is -0.381 e. The number of ether oxygens (including phenoxy) is 2. The van der Waals surface area contributed by atoms with E-state index < -0.39 is 0 Å². The average molecular weight is 372 g/mol. The number of benzene rings is 1. The Morgan fingerprint density at radius 2 is 2.07 bits per heavy atom. The van der Waals surface area contributed by atoms with Crippen molar-refractivity contribution in [1.29, 1.82) is 0 Å². The van der Waals surface area contributed by atoms with Crippen LogP contribution < -0.4 is 5.32 Å². The first kappa shape index (κ1) is 18.8. The van der Waals surface area contributed by atoms with Crippen molar-refractivity contribution in [2.45, 2.75) is 57.8 Å². The Morgan fingerprint density at radius 3 is 2.78 bits per heavy atom. The summed E-state index contributed by atoms with van der Waals surface area (Å²) in [7, 11) is 1.90. The number of hydrogen-bond donors (Lipinski definition) is 1. The van der Waals surface area contributed by atoms with Crippen LogP contribution in [-0.2, 0) is 22.6 Å². The summed E-state index contributed by atoms with van der Waals surface area (Å²) >= 11 is 0. The zero-order valence-corrected chi connectivity index (χ0v) is 16.6. The number of nitrogens with zero attached hydrogens (tertiary/aromatic N) is 2. The van der Waals surface area contributed by atoms with Crippen LogP contribution in [0, 0.1) is 5.41 Å². The number of guanidine groups is 1. The molecule has 0 unspecified atom stereocenters. The Kier molecular flexibility index (Phi) is 5.98. The van der Waals surface area contributed by atoms with Crippen LogP contribution in [0.3, 0.4) is 0 Å². The van der Waals surface area contributed by atoms with Gasteiger partial charge in [-0.15, -0.1) is 0 Å². The highest BCUT2D eigenvalue weighted by Crippen LogP contribution is 2.47. The molecule has 2 aliphatic heterocycles. The summed E-state index contributed by atoms with van der Waals surface area (Å²) in [5.41, 5.74) is 3.12. The molecule has 0 aromatic heterocycles. The smallest absolute Gasteiger partial charge is 0.193 e. The predicted octanol–water partition coefficient (Wildman–Crippen LogP) is 3.33. The fourth-order valence-electron chi connectivity index (χ4n) is 4.60. The maximum Gasteiger partial charge on any atom is 0.193 e. The van der Waals surface area contributed by atoms with Gasteiger partial charge in [-0.3, -0.25) is 4.99 Å². The zero-order valence-electron chi connectivity index (χ0n) is 16.6. The summed E-state index contributed by atoms with van der Waals surface area (Å²) in [6.45, 7) is 5.45. The summed E-state index contributed by atoms with van der Waals surface area (Å²) < 4.78 is 11.5. The predicted molar refractivity (Wildman–Crippen MR) is 108 cm³/mol. The zero-order chi connectivity index (χ0) is 18.5. The second-order valence-electron chi connectivity index (χ2n) is 8.37. The van der Waals surface area contributed by atoms with E-state index in [0.717, 1.165) is 45.1 Å². The van der Waals surface area contributed by atoms with Crippen molar-refractivity contribution in [1.82, 2.24) is 10.2 Å². The van der Waals surface area contributed by atoms with E-state index in [9.17, 15) is 0 Å². The molecule has 1 N–H and O–H groups in total. The third-order valence-corrected chi connectivity index (χ3v) is 6.46. The van der Waals surface area contributed by atoms with E-state index in [1.165, 1.54) is 43.4 Å². The number of nitrogens with one attached hydrogen (secondary N) is 1. The molecule has 1 saturated carbocycles. The molecule has 3 aliphatic rings. The normalized spacial score (nSPS) is 22.9. The van der Waals surface area contributed by atoms with Gasteiger partial charge in [-0.05, 0) is 48.6 Å². The summed E-state index contributed by atoms with van der Waals surface area (Å²) in [6.07, 6.45) is 7.89. The SMILES string of the molecule is CN=C(NCc1cccc(COC2CCOCC2)c1)N1CCC2(CCC2)C1. The molecule has 27 heavy (non-hydrogen) atoms. The molecule has 4 rings (SSSR count). The van der Waals surface area contributed by atoms with Crippen LogP contribution in [0.15, 0.2) is 29.3 Å². The second kappa shape index (κ2) is 8.61. The molecule has 1 spiro atoms. The minimum absolute atomic E-state index is 0.341. The van der Waals surface area contributed by atoms with Crippen LogP contribution in [0.5, 0.6) is 0 Å². The molecule has 5 nitrogen and oxygen atoms in total. The molecule has 1 aromatic carbocycles. The van der Waals surface area contributed by atoms with Crippen molar-refractivity contribution in [2.75, 3.05) is 33.4 Å². The third kappa shape index (κ3) is 4.64. The lowest BCUT2D eigenvalue weighted by molar-refractivity contribution is -0.0390. The Labute approximate surface area is 163 Å². The van der Waals surface area contributed by atoms with Crippen molar-refractivity contribution in [3.05, 3.63) is 35.4 Å². The Hall–Kier alpha value is -1.59. The highest BCUT2D eigenvalue weighted by molar-refractivity contribution is 5.80. The first-order valence-corrected chi connectivity index (χ1v) is 10.5. The van der Waals surface area contributed by atoms with Gasteiger partial charge in [-0.1, -0.05) is 30.7 Å². The van der Waals surface area contributed by atoms with Crippen molar-refractivity contribution in [3.63, 3.8) is 0 Å². The van der Waals surface area contributed by atoms with Crippen LogP contribution in [-0.4, -0.2) is 50.3 Å². The average Bonchev–Trinajstić information content (AvgIpc) is 3.14. The number of aliphatic imine (C=N–C) groups is 1. The Morgan fingerprint density at radius 1 is 1.26 bits per heavy atom. The monoisotopic (exact) mass is 371 g/mol. The van der Waals surface area contributed by atoms with Gasteiger partial charge in [-0.25, -0.2) is 0 Å². The first-order chi connectivity index (χ1) is 13.3. The van der Waals surface area contributed by atoms with Gasteiger partial charge in [0.15, 0.2) is 5.96 Å². The van der Waals surface area contributed by atoms with Gasteiger partial charge in [-0.2, -0.15) is 0 Å². The summed E-state index contributed by atoms with van der Waals surface area (Å²) in [5.74, 6) is 1.04. The maximum atomic E-state index is 6.06. The second-order valence-corrected chi connectivity index (χ2v) is 8.37. The van der Waals surface area contributed by atoms with E-state index in [4.69, 9.17) is 9.47 Å².